The number of carbonyl (C=O) groups excluding carboxylic acids is 1. The average molecular weight is 267 g/mol. The molecule has 100 valence electrons. The number of ether oxygens (including phenoxy) is 1. The zero-order valence-corrected chi connectivity index (χ0v) is 11.2. The topological polar surface area (TPSA) is 89.0 Å². The number of nitrogens with zero attached hydrogens (tertiary/aromatic N) is 2. The van der Waals surface area contributed by atoms with Gasteiger partial charge in [0.2, 0.25) is 5.88 Å². The van der Waals surface area contributed by atoms with Gasteiger partial charge < -0.3 is 10.5 Å². The number of para-hydroxylation sites is 1. The van der Waals surface area contributed by atoms with Crippen molar-refractivity contribution < 1.29 is 9.53 Å². The highest BCUT2D eigenvalue weighted by atomic mass is 16.5. The van der Waals surface area contributed by atoms with Crippen LogP contribution in [0.3, 0.4) is 0 Å². The third-order valence-electron chi connectivity index (χ3n) is 2.78. The number of primary amides is 1. The third kappa shape index (κ3) is 2.59. The van der Waals surface area contributed by atoms with Crippen LogP contribution in [0.1, 0.15) is 27.2 Å². The number of aromatic nitrogens is 1. The largest absolute Gasteiger partial charge is 0.437 e. The van der Waals surface area contributed by atoms with Crippen molar-refractivity contribution >= 4 is 5.91 Å². The molecule has 2 N–H and O–H groups in total. The van der Waals surface area contributed by atoms with Crippen LogP contribution in [0.25, 0.3) is 0 Å². The molecule has 5 nitrogen and oxygen atoms in total. The first-order valence-corrected chi connectivity index (χ1v) is 5.98. The summed E-state index contributed by atoms with van der Waals surface area (Å²) in [6.45, 7) is 3.61. The third-order valence-corrected chi connectivity index (χ3v) is 2.78. The highest BCUT2D eigenvalue weighted by molar-refractivity contribution is 5.95. The van der Waals surface area contributed by atoms with Crippen molar-refractivity contribution in [2.24, 2.45) is 5.73 Å². The maximum Gasteiger partial charge on any atom is 0.252 e. The molecule has 0 aliphatic carbocycles. The summed E-state index contributed by atoms with van der Waals surface area (Å²) in [6, 6.07) is 10.4. The Bertz CT molecular complexity index is 718. The summed E-state index contributed by atoms with van der Waals surface area (Å²) in [4.78, 5) is 15.6. The molecule has 1 heterocycles. The van der Waals surface area contributed by atoms with Gasteiger partial charge in [0.1, 0.15) is 17.4 Å². The molecular formula is C15H13N3O2. The average Bonchev–Trinajstić information content (AvgIpc) is 2.38. The zero-order chi connectivity index (χ0) is 14.7. The summed E-state index contributed by atoms with van der Waals surface area (Å²) in [5, 5.41) is 9.19. The lowest BCUT2D eigenvalue weighted by Crippen LogP contribution is -2.12. The second-order valence-electron chi connectivity index (χ2n) is 4.33. The molecule has 1 amide bonds. The number of aryl methyl sites for hydroxylation is 2. The summed E-state index contributed by atoms with van der Waals surface area (Å²) < 4.78 is 5.62. The van der Waals surface area contributed by atoms with Crippen LogP contribution in [-0.4, -0.2) is 10.9 Å². The SMILES string of the molecule is Cc1cc(C)c(C#N)c(Oc2ccccc2C(N)=O)n1. The Labute approximate surface area is 116 Å². The zero-order valence-electron chi connectivity index (χ0n) is 11.2. The Morgan fingerprint density at radius 1 is 1.35 bits per heavy atom. The van der Waals surface area contributed by atoms with Gasteiger partial charge in [-0.05, 0) is 37.6 Å². The van der Waals surface area contributed by atoms with Gasteiger partial charge in [-0.2, -0.15) is 5.26 Å². The number of pyridine rings is 1. The van der Waals surface area contributed by atoms with E-state index in [-0.39, 0.29) is 17.2 Å². The first kappa shape index (κ1) is 13.6. The van der Waals surface area contributed by atoms with Gasteiger partial charge in [-0.25, -0.2) is 4.98 Å². The van der Waals surface area contributed by atoms with Gasteiger partial charge in [-0.15, -0.1) is 0 Å². The van der Waals surface area contributed by atoms with Gasteiger partial charge in [-0.3, -0.25) is 4.79 Å². The number of nitriles is 1. The van der Waals surface area contributed by atoms with E-state index >= 15 is 0 Å². The fourth-order valence-electron chi connectivity index (χ4n) is 1.88. The molecular weight excluding hydrogens is 254 g/mol. The Morgan fingerprint density at radius 3 is 2.70 bits per heavy atom. The van der Waals surface area contributed by atoms with E-state index in [4.69, 9.17) is 10.5 Å². The van der Waals surface area contributed by atoms with Gasteiger partial charge in [0, 0.05) is 5.69 Å². The second-order valence-corrected chi connectivity index (χ2v) is 4.33. The summed E-state index contributed by atoms with van der Waals surface area (Å²) in [6.07, 6.45) is 0. The highest BCUT2D eigenvalue weighted by Crippen LogP contribution is 2.28. The number of amides is 1. The number of carbonyl (C=O) groups is 1. The monoisotopic (exact) mass is 267 g/mol. The molecule has 0 atom stereocenters. The molecule has 0 spiro atoms. The molecule has 0 unspecified atom stereocenters. The lowest BCUT2D eigenvalue weighted by atomic mass is 10.1. The van der Waals surface area contributed by atoms with E-state index in [2.05, 4.69) is 11.1 Å². The minimum absolute atomic E-state index is 0.179. The molecule has 0 fully saturated rings. The normalized spacial score (nSPS) is 9.85. The standard InChI is InChI=1S/C15H13N3O2/c1-9-7-10(2)18-15(12(9)8-16)20-13-6-4-3-5-11(13)14(17)19/h3-7H,1-2H3,(H2,17,19). The fraction of sp³-hybridized carbons (Fsp3) is 0.133. The number of rotatable bonds is 3. The molecule has 2 aromatic rings. The van der Waals surface area contributed by atoms with Crippen molar-refractivity contribution in [3.8, 4) is 17.7 Å². The second kappa shape index (κ2) is 5.41. The predicted molar refractivity (Wildman–Crippen MR) is 73.5 cm³/mol. The van der Waals surface area contributed by atoms with Crippen LogP contribution in [0.2, 0.25) is 0 Å². The van der Waals surface area contributed by atoms with Gasteiger partial charge in [0.15, 0.2) is 0 Å². The van der Waals surface area contributed by atoms with E-state index in [1.807, 2.05) is 0 Å². The number of hydrogen-bond donors (Lipinski definition) is 1. The van der Waals surface area contributed by atoms with Crippen molar-refractivity contribution in [3.05, 3.63) is 52.7 Å². The lowest BCUT2D eigenvalue weighted by Gasteiger charge is -2.11. The van der Waals surface area contributed by atoms with Crippen molar-refractivity contribution in [1.82, 2.24) is 4.98 Å². The molecule has 0 saturated heterocycles. The minimum atomic E-state index is -0.594. The van der Waals surface area contributed by atoms with Crippen LogP contribution in [-0.2, 0) is 0 Å². The number of benzene rings is 1. The van der Waals surface area contributed by atoms with E-state index < -0.39 is 5.91 Å². The van der Waals surface area contributed by atoms with Crippen molar-refractivity contribution in [1.29, 1.82) is 5.26 Å². The molecule has 0 aliphatic heterocycles. The maximum absolute atomic E-state index is 11.4. The van der Waals surface area contributed by atoms with E-state index in [1.54, 1.807) is 44.2 Å². The highest BCUT2D eigenvalue weighted by Gasteiger charge is 2.14. The number of hydrogen-bond acceptors (Lipinski definition) is 4. The van der Waals surface area contributed by atoms with Crippen LogP contribution in [0.5, 0.6) is 11.6 Å². The Morgan fingerprint density at radius 2 is 2.05 bits per heavy atom. The smallest absolute Gasteiger partial charge is 0.252 e. The summed E-state index contributed by atoms with van der Waals surface area (Å²) in [7, 11) is 0. The van der Waals surface area contributed by atoms with Crippen LogP contribution >= 0.6 is 0 Å². The molecule has 2 rings (SSSR count). The quantitative estimate of drug-likeness (QED) is 0.925. The molecule has 20 heavy (non-hydrogen) atoms. The van der Waals surface area contributed by atoms with Crippen LogP contribution in [0.15, 0.2) is 30.3 Å². The summed E-state index contributed by atoms with van der Waals surface area (Å²) >= 11 is 0. The van der Waals surface area contributed by atoms with Crippen molar-refractivity contribution in [2.45, 2.75) is 13.8 Å². The van der Waals surface area contributed by atoms with Crippen LogP contribution < -0.4 is 10.5 Å². The summed E-state index contributed by atoms with van der Waals surface area (Å²) in [5.74, 6) is -0.129. The Hall–Kier alpha value is -2.87. The Kier molecular flexibility index (Phi) is 3.67. The molecule has 0 bridgehead atoms. The minimum Gasteiger partial charge on any atom is -0.437 e. The molecule has 1 aromatic heterocycles. The van der Waals surface area contributed by atoms with Gasteiger partial charge in [0.25, 0.3) is 5.91 Å². The van der Waals surface area contributed by atoms with E-state index in [0.717, 1.165) is 11.3 Å². The first-order valence-electron chi connectivity index (χ1n) is 5.98. The predicted octanol–water partition coefficient (Wildman–Crippen LogP) is 2.46. The van der Waals surface area contributed by atoms with Gasteiger partial charge in [-0.1, -0.05) is 12.1 Å². The Balaban J connectivity index is 2.51. The van der Waals surface area contributed by atoms with Gasteiger partial charge in [0.05, 0.1) is 5.56 Å². The van der Waals surface area contributed by atoms with Crippen molar-refractivity contribution in [2.75, 3.05) is 0 Å². The van der Waals surface area contributed by atoms with Crippen LogP contribution in [0, 0.1) is 25.2 Å². The number of nitrogens with two attached hydrogens (primary N) is 1. The lowest BCUT2D eigenvalue weighted by molar-refractivity contribution is 0.0998. The molecule has 0 saturated carbocycles. The maximum atomic E-state index is 11.4. The van der Waals surface area contributed by atoms with E-state index in [0.29, 0.717) is 5.56 Å². The fourth-order valence-corrected chi connectivity index (χ4v) is 1.88. The molecule has 5 heteroatoms. The first-order chi connectivity index (χ1) is 9.52. The molecule has 0 radical (unpaired) electrons. The van der Waals surface area contributed by atoms with Crippen molar-refractivity contribution in [3.63, 3.8) is 0 Å². The summed E-state index contributed by atoms with van der Waals surface area (Å²) in [5.41, 5.74) is 7.38. The molecule has 1 aromatic carbocycles. The van der Waals surface area contributed by atoms with Crippen LogP contribution in [0.4, 0.5) is 0 Å². The van der Waals surface area contributed by atoms with E-state index in [1.165, 1.54) is 0 Å². The van der Waals surface area contributed by atoms with E-state index in [9.17, 15) is 10.1 Å². The molecule has 0 aliphatic rings. The van der Waals surface area contributed by atoms with Gasteiger partial charge >= 0.3 is 0 Å².